The third-order valence-electron chi connectivity index (χ3n) is 2.47. The number of hydrogen-bond acceptors (Lipinski definition) is 0. The Bertz CT molecular complexity index is 394. The molecule has 0 nitrogen and oxygen atoms in total. The maximum Gasteiger partial charge on any atom is -0.00883 e. The normalized spacial score (nSPS) is 13.8. The Morgan fingerprint density at radius 3 is 2.54 bits per heavy atom. The van der Waals surface area contributed by atoms with Crippen LogP contribution in [0, 0.1) is 6.92 Å². The molecule has 1 aromatic rings. The summed E-state index contributed by atoms with van der Waals surface area (Å²) in [5.74, 6) is 0. The van der Waals surface area contributed by atoms with Crippen LogP contribution in [0.3, 0.4) is 0 Å². The van der Waals surface area contributed by atoms with E-state index in [0.29, 0.717) is 0 Å². The van der Waals surface area contributed by atoms with Gasteiger partial charge in [0.2, 0.25) is 0 Å². The second-order valence-electron chi connectivity index (χ2n) is 3.74. The second kappa shape index (κ2) is 2.88. The van der Waals surface area contributed by atoms with E-state index in [4.69, 9.17) is 0 Å². The predicted molar refractivity (Wildman–Crippen MR) is 58.5 cm³/mol. The molecule has 1 aromatic carbocycles. The molecule has 13 heavy (non-hydrogen) atoms. The first-order valence-corrected chi connectivity index (χ1v) is 4.64. The van der Waals surface area contributed by atoms with Crippen LogP contribution in [0.2, 0.25) is 0 Å². The van der Waals surface area contributed by atoms with Gasteiger partial charge < -0.3 is 0 Å². The lowest BCUT2D eigenvalue weighted by atomic mass is 10.0. The number of rotatable bonds is 2. The van der Waals surface area contributed by atoms with Crippen LogP contribution < -0.4 is 0 Å². The first kappa shape index (κ1) is 8.31. The lowest BCUT2D eigenvalue weighted by Crippen LogP contribution is -1.85. The van der Waals surface area contributed by atoms with Crippen molar-refractivity contribution in [2.45, 2.75) is 20.3 Å². The summed E-state index contributed by atoms with van der Waals surface area (Å²) >= 11 is 0. The van der Waals surface area contributed by atoms with E-state index in [-0.39, 0.29) is 0 Å². The van der Waals surface area contributed by atoms with Crippen molar-refractivity contribution in [1.29, 1.82) is 0 Å². The van der Waals surface area contributed by atoms with Gasteiger partial charge in [0.25, 0.3) is 0 Å². The van der Waals surface area contributed by atoms with E-state index in [1.54, 1.807) is 0 Å². The van der Waals surface area contributed by atoms with Crippen LogP contribution in [-0.4, -0.2) is 0 Å². The molecule has 0 N–H and O–H groups in total. The van der Waals surface area contributed by atoms with Crippen molar-refractivity contribution in [1.82, 2.24) is 0 Å². The van der Waals surface area contributed by atoms with Gasteiger partial charge in [0, 0.05) is 0 Å². The molecule has 0 unspecified atom stereocenters. The van der Waals surface area contributed by atoms with Gasteiger partial charge in [-0.2, -0.15) is 0 Å². The van der Waals surface area contributed by atoms with Crippen molar-refractivity contribution in [2.75, 3.05) is 0 Å². The predicted octanol–water partition coefficient (Wildman–Crippen LogP) is 3.82. The molecular formula is C13H14. The summed E-state index contributed by atoms with van der Waals surface area (Å²) in [7, 11) is 0. The average molecular weight is 170 g/mol. The highest BCUT2D eigenvalue weighted by atomic mass is 14.2. The lowest BCUT2D eigenvalue weighted by molar-refractivity contribution is 1.40. The molecule has 66 valence electrons. The number of hydrogen-bond donors (Lipinski definition) is 0. The number of benzene rings is 1. The Balaban J connectivity index is 2.43. The molecule has 1 aliphatic rings. The van der Waals surface area contributed by atoms with Crippen LogP contribution >= 0.6 is 0 Å². The zero-order chi connectivity index (χ0) is 9.42. The fourth-order valence-corrected chi connectivity index (χ4v) is 1.56. The molecule has 0 radical (unpaired) electrons. The van der Waals surface area contributed by atoms with Gasteiger partial charge in [-0.25, -0.2) is 0 Å². The molecule has 0 aromatic heterocycles. The molecule has 1 aliphatic carbocycles. The summed E-state index contributed by atoms with van der Waals surface area (Å²) in [5.41, 5.74) is 6.65. The Labute approximate surface area is 79.6 Å². The second-order valence-corrected chi connectivity index (χ2v) is 3.74. The standard InChI is InChI=1S/C13H14/c1-9(2)12-6-7-13(10(3)8-12)11-4-5-11/h4,6-8H,1,5H2,2-3H3. The van der Waals surface area contributed by atoms with Gasteiger partial charge in [0.05, 0.1) is 0 Å². The molecule has 0 bridgehead atoms. The first-order valence-electron chi connectivity index (χ1n) is 4.64. The van der Waals surface area contributed by atoms with E-state index in [9.17, 15) is 0 Å². The van der Waals surface area contributed by atoms with Crippen LogP contribution in [0.5, 0.6) is 0 Å². The molecule has 0 aliphatic heterocycles. The van der Waals surface area contributed by atoms with Gasteiger partial charge in [-0.15, -0.1) is 0 Å². The first-order chi connectivity index (χ1) is 6.18. The maximum absolute atomic E-state index is 3.94. The van der Waals surface area contributed by atoms with E-state index < -0.39 is 0 Å². The summed E-state index contributed by atoms with van der Waals surface area (Å²) in [6, 6.07) is 6.58. The van der Waals surface area contributed by atoms with Crippen LogP contribution in [0.15, 0.2) is 30.9 Å². The summed E-state index contributed by atoms with van der Waals surface area (Å²) in [6.45, 7) is 8.16. The molecular weight excluding hydrogens is 156 g/mol. The Kier molecular flexibility index (Phi) is 1.84. The molecule has 0 amide bonds. The van der Waals surface area contributed by atoms with Crippen LogP contribution in [-0.2, 0) is 0 Å². The van der Waals surface area contributed by atoms with Crippen molar-refractivity contribution in [3.8, 4) is 0 Å². The highest BCUT2D eigenvalue weighted by molar-refractivity contribution is 5.80. The quantitative estimate of drug-likeness (QED) is 0.633. The Morgan fingerprint density at radius 2 is 2.08 bits per heavy atom. The molecule has 0 heterocycles. The van der Waals surface area contributed by atoms with Gasteiger partial charge in [-0.3, -0.25) is 0 Å². The van der Waals surface area contributed by atoms with E-state index in [1.165, 1.54) is 28.7 Å². The molecule has 0 heteroatoms. The monoisotopic (exact) mass is 170 g/mol. The largest absolute Gasteiger partial charge is 0.0955 e. The van der Waals surface area contributed by atoms with E-state index in [2.05, 4.69) is 37.8 Å². The van der Waals surface area contributed by atoms with Crippen molar-refractivity contribution in [3.05, 3.63) is 47.5 Å². The zero-order valence-electron chi connectivity index (χ0n) is 8.22. The smallest absolute Gasteiger partial charge is 0.00883 e. The summed E-state index contributed by atoms with van der Waals surface area (Å²) in [6.07, 6.45) is 3.44. The summed E-state index contributed by atoms with van der Waals surface area (Å²) < 4.78 is 0. The minimum absolute atomic E-state index is 1.14. The average Bonchev–Trinajstić information content (AvgIpc) is 2.87. The van der Waals surface area contributed by atoms with E-state index >= 15 is 0 Å². The van der Waals surface area contributed by atoms with Gasteiger partial charge in [-0.1, -0.05) is 36.4 Å². The molecule has 0 fully saturated rings. The summed E-state index contributed by atoms with van der Waals surface area (Å²) in [4.78, 5) is 0. The van der Waals surface area contributed by atoms with Crippen LogP contribution in [0.1, 0.15) is 30.0 Å². The van der Waals surface area contributed by atoms with Crippen LogP contribution in [0.25, 0.3) is 11.1 Å². The van der Waals surface area contributed by atoms with Crippen molar-refractivity contribution in [2.24, 2.45) is 0 Å². The molecule has 0 saturated carbocycles. The Hall–Kier alpha value is -1.30. The highest BCUT2D eigenvalue weighted by Gasteiger charge is 2.12. The maximum atomic E-state index is 3.94. The number of allylic oxidation sites excluding steroid dienone is 3. The minimum atomic E-state index is 1.14. The highest BCUT2D eigenvalue weighted by Crippen LogP contribution is 2.33. The lowest BCUT2D eigenvalue weighted by Gasteiger charge is -2.05. The third-order valence-corrected chi connectivity index (χ3v) is 2.47. The van der Waals surface area contributed by atoms with E-state index in [0.717, 1.165) is 5.57 Å². The zero-order valence-corrected chi connectivity index (χ0v) is 8.22. The van der Waals surface area contributed by atoms with E-state index in [1.807, 2.05) is 6.92 Å². The number of aryl methyl sites for hydroxylation is 1. The summed E-state index contributed by atoms with van der Waals surface area (Å²) in [5, 5.41) is 0. The van der Waals surface area contributed by atoms with Crippen molar-refractivity contribution >= 4 is 11.1 Å². The fourth-order valence-electron chi connectivity index (χ4n) is 1.56. The van der Waals surface area contributed by atoms with Gasteiger partial charge in [0.1, 0.15) is 0 Å². The van der Waals surface area contributed by atoms with Crippen molar-refractivity contribution < 1.29 is 0 Å². The minimum Gasteiger partial charge on any atom is -0.0955 e. The van der Waals surface area contributed by atoms with Gasteiger partial charge in [-0.05, 0) is 42.5 Å². The van der Waals surface area contributed by atoms with Crippen LogP contribution in [0.4, 0.5) is 0 Å². The van der Waals surface area contributed by atoms with Gasteiger partial charge in [0.15, 0.2) is 0 Å². The molecule has 0 spiro atoms. The SMILES string of the molecule is C=C(C)c1ccc(C2=CC2)c(C)c1. The topological polar surface area (TPSA) is 0 Å². The van der Waals surface area contributed by atoms with Crippen molar-refractivity contribution in [3.63, 3.8) is 0 Å². The molecule has 0 atom stereocenters. The molecule has 0 saturated heterocycles. The Morgan fingerprint density at radius 1 is 1.38 bits per heavy atom. The molecule has 2 rings (SSSR count). The fraction of sp³-hybridized carbons (Fsp3) is 0.231. The van der Waals surface area contributed by atoms with Gasteiger partial charge >= 0.3 is 0 Å². The third kappa shape index (κ3) is 1.57.